The number of aromatic amines is 1. The first-order chi connectivity index (χ1) is 12.3. The van der Waals surface area contributed by atoms with Crippen molar-refractivity contribution in [3.05, 3.63) is 68.9 Å². The van der Waals surface area contributed by atoms with Gasteiger partial charge in [0.05, 0.1) is 5.69 Å². The van der Waals surface area contributed by atoms with Crippen LogP contribution in [0.25, 0.3) is 11.5 Å². The zero-order valence-electron chi connectivity index (χ0n) is 13.9. The molecule has 0 spiro atoms. The first-order valence-corrected chi connectivity index (χ1v) is 9.43. The smallest absolute Gasteiger partial charge is 0.251 e. The Morgan fingerprint density at radius 3 is 3.04 bits per heavy atom. The van der Waals surface area contributed by atoms with E-state index < -0.39 is 0 Å². The average molecular weight is 352 g/mol. The second-order valence-electron chi connectivity index (χ2n) is 6.39. The van der Waals surface area contributed by atoms with Crippen LogP contribution in [0.5, 0.6) is 0 Å². The number of piperidine rings is 1. The first kappa shape index (κ1) is 16.2. The Kier molecular flexibility index (Phi) is 4.72. The SMILES string of the molecule is O=c1cc([C@@H]2CCCN(Cc3cccs3)C2)nc(-c2ccccn2)[nH]1. The van der Waals surface area contributed by atoms with E-state index in [9.17, 15) is 4.79 Å². The molecule has 4 rings (SSSR count). The lowest BCUT2D eigenvalue weighted by Gasteiger charge is -2.32. The van der Waals surface area contributed by atoms with Gasteiger partial charge < -0.3 is 4.98 Å². The Morgan fingerprint density at radius 1 is 1.28 bits per heavy atom. The molecule has 1 aliphatic rings. The van der Waals surface area contributed by atoms with Gasteiger partial charge in [-0.2, -0.15) is 0 Å². The number of nitrogens with one attached hydrogen (secondary N) is 1. The summed E-state index contributed by atoms with van der Waals surface area (Å²) in [5.41, 5.74) is 1.47. The minimum absolute atomic E-state index is 0.110. The summed E-state index contributed by atoms with van der Waals surface area (Å²) < 4.78 is 0. The number of hydrogen-bond donors (Lipinski definition) is 1. The van der Waals surface area contributed by atoms with Gasteiger partial charge in [-0.1, -0.05) is 12.1 Å². The first-order valence-electron chi connectivity index (χ1n) is 8.55. The second kappa shape index (κ2) is 7.29. The number of aromatic nitrogens is 3. The van der Waals surface area contributed by atoms with E-state index in [2.05, 4.69) is 32.4 Å². The summed E-state index contributed by atoms with van der Waals surface area (Å²) in [6.45, 7) is 3.02. The molecule has 1 saturated heterocycles. The standard InChI is InChI=1S/C19H20N4OS/c24-18-11-17(21-19(22-18)16-7-1-2-8-20-16)14-5-3-9-23(12-14)13-15-6-4-10-25-15/h1-2,4,6-8,10-11,14H,3,5,9,12-13H2,(H,21,22,24)/t14-/m1/s1. The number of hydrogen-bond acceptors (Lipinski definition) is 5. The second-order valence-corrected chi connectivity index (χ2v) is 7.42. The number of nitrogens with zero attached hydrogens (tertiary/aromatic N) is 3. The van der Waals surface area contributed by atoms with Crippen molar-refractivity contribution >= 4 is 11.3 Å². The molecule has 1 aliphatic heterocycles. The molecule has 4 heterocycles. The van der Waals surface area contributed by atoms with Gasteiger partial charge in [0.15, 0.2) is 5.82 Å². The van der Waals surface area contributed by atoms with Gasteiger partial charge in [-0.15, -0.1) is 11.3 Å². The van der Waals surface area contributed by atoms with Gasteiger partial charge in [0, 0.05) is 36.1 Å². The minimum Gasteiger partial charge on any atom is -0.305 e. The normalized spacial score (nSPS) is 18.3. The van der Waals surface area contributed by atoms with Gasteiger partial charge in [0.1, 0.15) is 5.69 Å². The summed E-state index contributed by atoms with van der Waals surface area (Å²) in [6.07, 6.45) is 3.91. The number of H-pyrrole nitrogens is 1. The molecule has 1 atom stereocenters. The maximum absolute atomic E-state index is 12.1. The predicted molar refractivity (Wildman–Crippen MR) is 99.7 cm³/mol. The van der Waals surface area contributed by atoms with E-state index in [0.29, 0.717) is 17.4 Å². The summed E-state index contributed by atoms with van der Waals surface area (Å²) >= 11 is 1.80. The lowest BCUT2D eigenvalue weighted by atomic mass is 9.94. The highest BCUT2D eigenvalue weighted by Gasteiger charge is 2.23. The summed E-state index contributed by atoms with van der Waals surface area (Å²) in [5.74, 6) is 0.844. The molecule has 0 saturated carbocycles. The van der Waals surface area contributed by atoms with Crippen molar-refractivity contribution in [2.24, 2.45) is 0 Å². The topological polar surface area (TPSA) is 61.9 Å². The maximum Gasteiger partial charge on any atom is 0.251 e. The quantitative estimate of drug-likeness (QED) is 0.783. The van der Waals surface area contributed by atoms with Crippen molar-refractivity contribution in [1.29, 1.82) is 0 Å². The molecule has 25 heavy (non-hydrogen) atoms. The van der Waals surface area contributed by atoms with E-state index >= 15 is 0 Å². The fourth-order valence-electron chi connectivity index (χ4n) is 3.37. The molecular formula is C19H20N4OS. The average Bonchev–Trinajstić information content (AvgIpc) is 3.15. The zero-order chi connectivity index (χ0) is 17.1. The van der Waals surface area contributed by atoms with E-state index in [1.807, 2.05) is 18.2 Å². The van der Waals surface area contributed by atoms with Crippen molar-refractivity contribution in [2.75, 3.05) is 13.1 Å². The molecule has 3 aromatic heterocycles. The number of likely N-dealkylation sites (tertiary alicyclic amines) is 1. The monoisotopic (exact) mass is 352 g/mol. The lowest BCUT2D eigenvalue weighted by molar-refractivity contribution is 0.200. The molecule has 0 aromatic carbocycles. The highest BCUT2D eigenvalue weighted by molar-refractivity contribution is 7.09. The summed E-state index contributed by atoms with van der Waals surface area (Å²) in [5, 5.41) is 2.12. The maximum atomic E-state index is 12.1. The molecule has 3 aromatic rings. The van der Waals surface area contributed by atoms with E-state index in [4.69, 9.17) is 4.98 Å². The Bertz CT molecular complexity index is 876. The molecule has 0 aliphatic carbocycles. The van der Waals surface area contributed by atoms with Gasteiger partial charge in [-0.25, -0.2) is 4.98 Å². The molecular weight excluding hydrogens is 332 g/mol. The van der Waals surface area contributed by atoms with Gasteiger partial charge in [0.25, 0.3) is 5.56 Å². The van der Waals surface area contributed by atoms with E-state index in [1.54, 1.807) is 23.6 Å². The molecule has 0 amide bonds. The van der Waals surface area contributed by atoms with Crippen LogP contribution >= 0.6 is 11.3 Å². The number of pyridine rings is 1. The molecule has 1 fully saturated rings. The van der Waals surface area contributed by atoms with Crippen LogP contribution in [0.1, 0.15) is 29.3 Å². The van der Waals surface area contributed by atoms with E-state index in [-0.39, 0.29) is 5.56 Å². The van der Waals surface area contributed by atoms with Gasteiger partial charge in [-0.3, -0.25) is 14.7 Å². The van der Waals surface area contributed by atoms with Crippen LogP contribution in [-0.2, 0) is 6.54 Å². The summed E-state index contributed by atoms with van der Waals surface area (Å²) in [6, 6.07) is 11.5. The van der Waals surface area contributed by atoms with E-state index in [0.717, 1.165) is 38.2 Å². The Hall–Kier alpha value is -2.31. The van der Waals surface area contributed by atoms with Crippen molar-refractivity contribution in [3.8, 4) is 11.5 Å². The molecule has 0 bridgehead atoms. The lowest BCUT2D eigenvalue weighted by Crippen LogP contribution is -2.34. The largest absolute Gasteiger partial charge is 0.305 e. The minimum atomic E-state index is -0.110. The van der Waals surface area contributed by atoms with Crippen molar-refractivity contribution in [3.63, 3.8) is 0 Å². The van der Waals surface area contributed by atoms with Crippen LogP contribution in [0, 0.1) is 0 Å². The predicted octanol–water partition coefficient (Wildman–Crippen LogP) is 3.27. The van der Waals surface area contributed by atoms with Crippen LogP contribution in [0.3, 0.4) is 0 Å². The van der Waals surface area contributed by atoms with E-state index in [1.165, 1.54) is 4.88 Å². The van der Waals surface area contributed by atoms with Crippen LogP contribution in [0.15, 0.2) is 52.8 Å². The Morgan fingerprint density at radius 2 is 2.24 bits per heavy atom. The third-order valence-electron chi connectivity index (χ3n) is 4.55. The summed E-state index contributed by atoms with van der Waals surface area (Å²) in [4.78, 5) is 27.8. The Balaban J connectivity index is 1.56. The third-order valence-corrected chi connectivity index (χ3v) is 5.41. The molecule has 128 valence electrons. The van der Waals surface area contributed by atoms with Crippen LogP contribution < -0.4 is 5.56 Å². The molecule has 6 heteroatoms. The van der Waals surface area contributed by atoms with Crippen molar-refractivity contribution in [2.45, 2.75) is 25.3 Å². The number of thiophene rings is 1. The molecule has 0 unspecified atom stereocenters. The van der Waals surface area contributed by atoms with Gasteiger partial charge in [0.2, 0.25) is 0 Å². The van der Waals surface area contributed by atoms with Crippen molar-refractivity contribution in [1.82, 2.24) is 19.9 Å². The van der Waals surface area contributed by atoms with Crippen LogP contribution in [0.2, 0.25) is 0 Å². The van der Waals surface area contributed by atoms with Crippen LogP contribution in [-0.4, -0.2) is 32.9 Å². The fourth-order valence-corrected chi connectivity index (χ4v) is 4.12. The van der Waals surface area contributed by atoms with Crippen molar-refractivity contribution < 1.29 is 0 Å². The highest BCUT2D eigenvalue weighted by atomic mass is 32.1. The summed E-state index contributed by atoms with van der Waals surface area (Å²) in [7, 11) is 0. The van der Waals surface area contributed by atoms with Gasteiger partial charge >= 0.3 is 0 Å². The van der Waals surface area contributed by atoms with Crippen LogP contribution in [0.4, 0.5) is 0 Å². The molecule has 0 radical (unpaired) electrons. The fraction of sp³-hybridized carbons (Fsp3) is 0.316. The van der Waals surface area contributed by atoms with Gasteiger partial charge in [-0.05, 0) is 43.0 Å². The molecule has 5 nitrogen and oxygen atoms in total. The highest BCUT2D eigenvalue weighted by Crippen LogP contribution is 2.27. The third kappa shape index (κ3) is 3.86. The number of rotatable bonds is 4. The zero-order valence-corrected chi connectivity index (χ0v) is 14.7. The molecule has 1 N–H and O–H groups in total. The Labute approximate surface area is 150 Å².